The standard InChI is InChI=1S/C17H11F5N2O3/c18-13-11(14(19)16(21)17(22)15(13)20)8-27-23-7-10-3-1-9(2-4-10)5-6-12(25)24-26/h1-7,26H,8H2,(H,24,25)/b6-5+,23-7?. The third kappa shape index (κ3) is 4.88. The summed E-state index contributed by atoms with van der Waals surface area (Å²) < 4.78 is 65.9. The zero-order chi connectivity index (χ0) is 20.0. The van der Waals surface area contributed by atoms with E-state index in [1.54, 1.807) is 24.3 Å². The van der Waals surface area contributed by atoms with Crippen LogP contribution in [-0.4, -0.2) is 17.3 Å². The molecule has 2 aromatic carbocycles. The maximum absolute atomic E-state index is 13.4. The molecule has 0 radical (unpaired) electrons. The molecule has 0 heterocycles. The highest BCUT2D eigenvalue weighted by molar-refractivity contribution is 5.91. The first-order valence-electron chi connectivity index (χ1n) is 7.23. The Kier molecular flexibility index (Phi) is 6.61. The summed E-state index contributed by atoms with van der Waals surface area (Å²) in [6.45, 7) is -0.959. The molecule has 0 saturated heterocycles. The molecule has 142 valence electrons. The highest BCUT2D eigenvalue weighted by Crippen LogP contribution is 2.23. The molecule has 5 nitrogen and oxygen atoms in total. The fourth-order valence-corrected chi connectivity index (χ4v) is 1.88. The smallest absolute Gasteiger partial charge is 0.267 e. The second kappa shape index (κ2) is 8.90. The van der Waals surface area contributed by atoms with E-state index in [4.69, 9.17) is 5.21 Å². The van der Waals surface area contributed by atoms with Crippen LogP contribution in [0.2, 0.25) is 0 Å². The van der Waals surface area contributed by atoms with Crippen LogP contribution < -0.4 is 5.48 Å². The minimum Gasteiger partial charge on any atom is -0.391 e. The Morgan fingerprint density at radius 2 is 1.48 bits per heavy atom. The Morgan fingerprint density at radius 1 is 0.963 bits per heavy atom. The fraction of sp³-hybridized carbons (Fsp3) is 0.0588. The average Bonchev–Trinajstić information content (AvgIpc) is 2.69. The number of amides is 1. The number of nitrogens with zero attached hydrogens (tertiary/aromatic N) is 1. The molecule has 2 rings (SSSR count). The van der Waals surface area contributed by atoms with Crippen LogP contribution in [-0.2, 0) is 16.2 Å². The molecule has 0 atom stereocenters. The minimum atomic E-state index is -2.25. The van der Waals surface area contributed by atoms with Gasteiger partial charge in [-0.1, -0.05) is 29.4 Å². The molecule has 0 spiro atoms. The Morgan fingerprint density at radius 3 is 2.04 bits per heavy atom. The highest BCUT2D eigenvalue weighted by atomic mass is 19.2. The van der Waals surface area contributed by atoms with Crippen LogP contribution in [0.15, 0.2) is 35.5 Å². The van der Waals surface area contributed by atoms with Gasteiger partial charge < -0.3 is 4.84 Å². The maximum Gasteiger partial charge on any atom is 0.267 e. The molecule has 0 fully saturated rings. The number of carbonyl (C=O) groups is 1. The maximum atomic E-state index is 13.4. The van der Waals surface area contributed by atoms with E-state index in [1.807, 2.05) is 0 Å². The molecule has 0 bridgehead atoms. The number of hydrogen-bond donors (Lipinski definition) is 2. The number of rotatable bonds is 6. The van der Waals surface area contributed by atoms with Gasteiger partial charge in [-0.3, -0.25) is 10.0 Å². The van der Waals surface area contributed by atoms with Gasteiger partial charge in [0.2, 0.25) is 5.82 Å². The number of carbonyl (C=O) groups excluding carboxylic acids is 1. The molecule has 0 aliphatic carbocycles. The Bertz CT molecular complexity index is 869. The zero-order valence-corrected chi connectivity index (χ0v) is 13.3. The summed E-state index contributed by atoms with van der Waals surface area (Å²) >= 11 is 0. The lowest BCUT2D eigenvalue weighted by Crippen LogP contribution is -2.14. The van der Waals surface area contributed by atoms with Gasteiger partial charge in [0.1, 0.15) is 6.61 Å². The van der Waals surface area contributed by atoms with Crippen LogP contribution in [0.3, 0.4) is 0 Å². The lowest BCUT2D eigenvalue weighted by molar-refractivity contribution is -0.124. The van der Waals surface area contributed by atoms with Crippen molar-refractivity contribution in [2.24, 2.45) is 5.16 Å². The Hall–Kier alpha value is -3.27. The average molecular weight is 386 g/mol. The second-order valence-corrected chi connectivity index (χ2v) is 5.03. The summed E-state index contributed by atoms with van der Waals surface area (Å²) in [5.74, 6) is -11.0. The molecule has 0 aliphatic rings. The quantitative estimate of drug-likeness (QED) is 0.152. The van der Waals surface area contributed by atoms with Gasteiger partial charge in [-0.15, -0.1) is 0 Å². The molecule has 27 heavy (non-hydrogen) atoms. The summed E-state index contributed by atoms with van der Waals surface area (Å²) in [4.78, 5) is 15.4. The van der Waals surface area contributed by atoms with Crippen molar-refractivity contribution < 1.29 is 36.8 Å². The van der Waals surface area contributed by atoms with Gasteiger partial charge in [0.15, 0.2) is 23.3 Å². The molecule has 0 aliphatic heterocycles. The van der Waals surface area contributed by atoms with Gasteiger partial charge in [0.05, 0.1) is 11.8 Å². The lowest BCUT2D eigenvalue weighted by atomic mass is 10.1. The van der Waals surface area contributed by atoms with E-state index in [9.17, 15) is 26.7 Å². The largest absolute Gasteiger partial charge is 0.391 e. The summed E-state index contributed by atoms with van der Waals surface area (Å²) in [6.07, 6.45) is 3.67. The zero-order valence-electron chi connectivity index (χ0n) is 13.3. The van der Waals surface area contributed by atoms with Crippen molar-refractivity contribution >= 4 is 18.2 Å². The van der Waals surface area contributed by atoms with Gasteiger partial charge in [-0.05, 0) is 17.2 Å². The predicted octanol–water partition coefficient (Wildman–Crippen LogP) is 3.45. The van der Waals surface area contributed by atoms with E-state index in [0.717, 1.165) is 12.3 Å². The molecule has 10 heteroatoms. The van der Waals surface area contributed by atoms with Crippen molar-refractivity contribution in [2.75, 3.05) is 0 Å². The van der Waals surface area contributed by atoms with Crippen molar-refractivity contribution in [1.29, 1.82) is 0 Å². The number of hydroxylamine groups is 1. The monoisotopic (exact) mass is 386 g/mol. The fourth-order valence-electron chi connectivity index (χ4n) is 1.88. The first-order valence-corrected chi connectivity index (χ1v) is 7.23. The molecule has 1 amide bonds. The minimum absolute atomic E-state index is 0.496. The van der Waals surface area contributed by atoms with E-state index in [0.29, 0.717) is 11.1 Å². The van der Waals surface area contributed by atoms with Crippen LogP contribution in [0.25, 0.3) is 6.08 Å². The third-order valence-electron chi connectivity index (χ3n) is 3.26. The van der Waals surface area contributed by atoms with E-state index in [2.05, 4.69) is 9.99 Å². The SMILES string of the molecule is O=C(/C=C/c1ccc(C=NOCc2c(F)c(F)c(F)c(F)c2F)cc1)NO. The highest BCUT2D eigenvalue weighted by Gasteiger charge is 2.25. The molecule has 0 saturated carbocycles. The first-order chi connectivity index (χ1) is 12.8. The number of hydrogen-bond acceptors (Lipinski definition) is 4. The summed E-state index contributed by atoms with van der Waals surface area (Å²) in [5.41, 5.74) is 1.41. The van der Waals surface area contributed by atoms with E-state index < -0.39 is 47.2 Å². The van der Waals surface area contributed by atoms with Crippen LogP contribution in [0.1, 0.15) is 16.7 Å². The van der Waals surface area contributed by atoms with Crippen LogP contribution in [0.5, 0.6) is 0 Å². The predicted molar refractivity (Wildman–Crippen MR) is 84.0 cm³/mol. The second-order valence-electron chi connectivity index (χ2n) is 5.03. The summed E-state index contributed by atoms with van der Waals surface area (Å²) in [5, 5.41) is 11.8. The van der Waals surface area contributed by atoms with Crippen LogP contribution in [0.4, 0.5) is 22.0 Å². The Labute approximate surface area is 149 Å². The van der Waals surface area contributed by atoms with Gasteiger partial charge in [-0.25, -0.2) is 27.4 Å². The molecule has 2 aromatic rings. The summed E-state index contributed by atoms with van der Waals surface area (Å²) in [6, 6.07) is 6.29. The van der Waals surface area contributed by atoms with Gasteiger partial charge >= 0.3 is 0 Å². The van der Waals surface area contributed by atoms with Gasteiger partial charge in [0.25, 0.3) is 5.91 Å². The van der Waals surface area contributed by atoms with Gasteiger partial charge in [0, 0.05) is 6.08 Å². The third-order valence-corrected chi connectivity index (χ3v) is 3.26. The van der Waals surface area contributed by atoms with E-state index in [-0.39, 0.29) is 0 Å². The number of oxime groups is 1. The van der Waals surface area contributed by atoms with Crippen molar-refractivity contribution in [3.63, 3.8) is 0 Å². The molecule has 0 unspecified atom stereocenters. The molecular formula is C17H11F5N2O3. The van der Waals surface area contributed by atoms with Gasteiger partial charge in [-0.2, -0.15) is 0 Å². The van der Waals surface area contributed by atoms with E-state index >= 15 is 0 Å². The normalized spacial score (nSPS) is 11.3. The van der Waals surface area contributed by atoms with Crippen molar-refractivity contribution in [3.8, 4) is 0 Å². The first kappa shape index (κ1) is 20.0. The van der Waals surface area contributed by atoms with Crippen molar-refractivity contribution in [2.45, 2.75) is 6.61 Å². The van der Waals surface area contributed by atoms with Crippen molar-refractivity contribution in [3.05, 3.63) is 76.1 Å². The summed E-state index contributed by atoms with van der Waals surface area (Å²) in [7, 11) is 0. The molecule has 2 N–H and O–H groups in total. The Balaban J connectivity index is 2.01. The van der Waals surface area contributed by atoms with Crippen LogP contribution >= 0.6 is 0 Å². The molecule has 0 aromatic heterocycles. The molecular weight excluding hydrogens is 375 g/mol. The lowest BCUT2D eigenvalue weighted by Gasteiger charge is -2.06. The number of halogens is 5. The van der Waals surface area contributed by atoms with E-state index in [1.165, 1.54) is 11.6 Å². The number of nitrogens with one attached hydrogen (secondary N) is 1. The number of benzene rings is 2. The topological polar surface area (TPSA) is 70.9 Å². The van der Waals surface area contributed by atoms with Crippen LogP contribution in [0, 0.1) is 29.1 Å². The van der Waals surface area contributed by atoms with Crippen molar-refractivity contribution in [1.82, 2.24) is 5.48 Å².